The van der Waals surface area contributed by atoms with Gasteiger partial charge < -0.3 is 15.0 Å². The van der Waals surface area contributed by atoms with Crippen LogP contribution in [0, 0.1) is 0 Å². The normalized spacial score (nSPS) is 19.5. The minimum atomic E-state index is -0.640. The number of thioether (sulfide) groups is 1. The molecule has 0 unspecified atom stereocenters. The first-order valence-corrected chi connectivity index (χ1v) is 11.5. The van der Waals surface area contributed by atoms with E-state index in [9.17, 15) is 9.59 Å². The van der Waals surface area contributed by atoms with E-state index in [0.717, 1.165) is 25.2 Å². The number of rotatable bonds is 7. The van der Waals surface area contributed by atoms with E-state index in [0.29, 0.717) is 17.3 Å². The number of amides is 2. The molecule has 2 atom stereocenters. The Kier molecular flexibility index (Phi) is 8.67. The van der Waals surface area contributed by atoms with Crippen LogP contribution in [0.15, 0.2) is 24.3 Å². The van der Waals surface area contributed by atoms with Crippen LogP contribution >= 0.6 is 23.4 Å². The van der Waals surface area contributed by atoms with Gasteiger partial charge in [-0.15, -0.1) is 11.8 Å². The van der Waals surface area contributed by atoms with Crippen LogP contribution in [0.5, 0.6) is 0 Å². The molecule has 2 amide bonds. The zero-order chi connectivity index (χ0) is 21.6. The van der Waals surface area contributed by atoms with Gasteiger partial charge in [0.15, 0.2) is 0 Å². The van der Waals surface area contributed by atoms with Gasteiger partial charge in [-0.1, -0.05) is 37.6 Å². The summed E-state index contributed by atoms with van der Waals surface area (Å²) in [5.74, 6) is 0.371. The number of hydrogen-bond donors (Lipinski definition) is 1. The minimum Gasteiger partial charge on any atom is -0.444 e. The van der Waals surface area contributed by atoms with Gasteiger partial charge in [-0.25, -0.2) is 4.79 Å². The highest BCUT2D eigenvalue weighted by Crippen LogP contribution is 2.42. The summed E-state index contributed by atoms with van der Waals surface area (Å²) < 4.78 is 5.61. The lowest BCUT2D eigenvalue weighted by atomic mass is 10.1. The quantitative estimate of drug-likeness (QED) is 0.688. The Balaban J connectivity index is 2.15. The van der Waals surface area contributed by atoms with Gasteiger partial charge in [0.05, 0.1) is 0 Å². The molecular weight excluding hydrogens is 410 g/mol. The zero-order valence-corrected chi connectivity index (χ0v) is 19.5. The summed E-state index contributed by atoms with van der Waals surface area (Å²) in [6.07, 6.45) is -0.480. The van der Waals surface area contributed by atoms with Gasteiger partial charge in [-0.3, -0.25) is 9.69 Å². The van der Waals surface area contributed by atoms with Gasteiger partial charge in [-0.05, 0) is 51.6 Å². The van der Waals surface area contributed by atoms with Crippen molar-refractivity contribution in [3.05, 3.63) is 34.9 Å². The minimum absolute atomic E-state index is 0.146. The second-order valence-corrected chi connectivity index (χ2v) is 9.51. The lowest BCUT2D eigenvalue weighted by Crippen LogP contribution is -2.50. The van der Waals surface area contributed by atoms with Crippen molar-refractivity contribution in [2.75, 3.05) is 31.9 Å². The molecule has 162 valence electrons. The molecule has 0 radical (unpaired) electrons. The van der Waals surface area contributed by atoms with Gasteiger partial charge in [0.25, 0.3) is 0 Å². The first-order valence-electron chi connectivity index (χ1n) is 10.0. The molecule has 2 rings (SSSR count). The molecule has 1 aromatic carbocycles. The predicted molar refractivity (Wildman–Crippen MR) is 119 cm³/mol. The van der Waals surface area contributed by atoms with Crippen molar-refractivity contribution < 1.29 is 14.3 Å². The van der Waals surface area contributed by atoms with E-state index in [1.54, 1.807) is 28.8 Å². The van der Waals surface area contributed by atoms with Crippen molar-refractivity contribution in [3.8, 4) is 0 Å². The molecule has 29 heavy (non-hydrogen) atoms. The summed E-state index contributed by atoms with van der Waals surface area (Å²) in [5, 5.41) is 3.33. The van der Waals surface area contributed by atoms with Gasteiger partial charge in [0.1, 0.15) is 17.0 Å². The van der Waals surface area contributed by atoms with Crippen LogP contribution in [-0.2, 0) is 9.53 Å². The number of nitrogens with one attached hydrogen (secondary N) is 1. The third kappa shape index (κ3) is 6.79. The highest BCUT2D eigenvalue weighted by Gasteiger charge is 2.44. The van der Waals surface area contributed by atoms with Crippen LogP contribution in [-0.4, -0.2) is 65.4 Å². The van der Waals surface area contributed by atoms with Crippen LogP contribution in [0.25, 0.3) is 0 Å². The molecule has 1 saturated heterocycles. The molecule has 0 saturated carbocycles. The van der Waals surface area contributed by atoms with Crippen molar-refractivity contribution >= 4 is 35.4 Å². The Labute approximate surface area is 183 Å². The van der Waals surface area contributed by atoms with Crippen molar-refractivity contribution in [3.63, 3.8) is 0 Å². The molecule has 0 spiro atoms. The topological polar surface area (TPSA) is 61.9 Å². The van der Waals surface area contributed by atoms with Crippen molar-refractivity contribution in [1.29, 1.82) is 0 Å². The van der Waals surface area contributed by atoms with Crippen molar-refractivity contribution in [2.24, 2.45) is 0 Å². The highest BCUT2D eigenvalue weighted by atomic mass is 35.5. The largest absolute Gasteiger partial charge is 0.444 e. The lowest BCUT2D eigenvalue weighted by Gasteiger charge is -2.31. The highest BCUT2D eigenvalue weighted by molar-refractivity contribution is 7.99. The maximum atomic E-state index is 13.0. The molecule has 0 aromatic heterocycles. The number of carbonyl (C=O) groups excluding carboxylic acids is 2. The van der Waals surface area contributed by atoms with E-state index >= 15 is 0 Å². The van der Waals surface area contributed by atoms with E-state index < -0.39 is 17.7 Å². The number of nitrogens with zero attached hydrogens (tertiary/aromatic N) is 2. The van der Waals surface area contributed by atoms with E-state index in [4.69, 9.17) is 16.3 Å². The number of ether oxygens (including phenoxy) is 1. The average molecular weight is 442 g/mol. The molecular formula is C21H32ClN3O3S. The Morgan fingerprint density at radius 2 is 1.86 bits per heavy atom. The monoisotopic (exact) mass is 441 g/mol. The van der Waals surface area contributed by atoms with E-state index in [1.165, 1.54) is 0 Å². The molecule has 1 fully saturated rings. The summed E-state index contributed by atoms with van der Waals surface area (Å²) in [6, 6.07) is 6.78. The maximum absolute atomic E-state index is 13.0. The van der Waals surface area contributed by atoms with Crippen LogP contribution in [0.3, 0.4) is 0 Å². The number of benzene rings is 1. The SMILES string of the molecule is CCN(CC)CCNC(=O)[C@H]1CS[C@@H](c2ccc(Cl)cc2)N1C(=O)OC(C)(C)C. The number of hydrogen-bond acceptors (Lipinski definition) is 5. The summed E-state index contributed by atoms with van der Waals surface area (Å²) >= 11 is 7.57. The van der Waals surface area contributed by atoms with Crippen LogP contribution in [0.2, 0.25) is 5.02 Å². The predicted octanol–water partition coefficient (Wildman–Crippen LogP) is 4.15. The fraction of sp³-hybridized carbons (Fsp3) is 0.619. The molecule has 8 heteroatoms. The fourth-order valence-corrected chi connectivity index (χ4v) is 4.67. The summed E-state index contributed by atoms with van der Waals surface area (Å²) in [4.78, 5) is 29.7. The van der Waals surface area contributed by atoms with Gasteiger partial charge in [0.2, 0.25) is 5.91 Å². The van der Waals surface area contributed by atoms with Crippen LogP contribution < -0.4 is 5.32 Å². The fourth-order valence-electron chi connectivity index (χ4n) is 3.13. The average Bonchev–Trinajstić information content (AvgIpc) is 3.09. The molecule has 0 aliphatic carbocycles. The lowest BCUT2D eigenvalue weighted by molar-refractivity contribution is -0.125. The van der Waals surface area contributed by atoms with Gasteiger partial charge in [0, 0.05) is 23.9 Å². The Hall–Kier alpha value is -1.44. The van der Waals surface area contributed by atoms with Crippen molar-refractivity contribution in [2.45, 2.75) is 51.6 Å². The first kappa shape index (κ1) is 23.8. The van der Waals surface area contributed by atoms with Crippen LogP contribution in [0.4, 0.5) is 4.79 Å². The molecule has 6 nitrogen and oxygen atoms in total. The van der Waals surface area contributed by atoms with E-state index in [2.05, 4.69) is 24.1 Å². The molecule has 0 bridgehead atoms. The van der Waals surface area contributed by atoms with Crippen molar-refractivity contribution in [1.82, 2.24) is 15.1 Å². The summed E-state index contributed by atoms with van der Waals surface area (Å²) in [7, 11) is 0. The Bertz CT molecular complexity index is 689. The standard InChI is InChI=1S/C21H32ClN3O3S/c1-6-24(7-2)13-12-23-18(26)17-14-29-19(15-8-10-16(22)11-9-15)25(17)20(27)28-21(3,4)5/h8-11,17,19H,6-7,12-14H2,1-5H3,(H,23,26)/t17-,19+/m1/s1. The second kappa shape index (κ2) is 10.5. The Morgan fingerprint density at radius 1 is 1.24 bits per heavy atom. The summed E-state index contributed by atoms with van der Waals surface area (Å²) in [6.45, 7) is 12.9. The zero-order valence-electron chi connectivity index (χ0n) is 17.9. The van der Waals surface area contributed by atoms with Gasteiger partial charge in [-0.2, -0.15) is 0 Å². The van der Waals surface area contributed by atoms with Crippen LogP contribution in [0.1, 0.15) is 45.6 Å². The van der Waals surface area contributed by atoms with E-state index in [1.807, 2.05) is 32.9 Å². The number of carbonyl (C=O) groups is 2. The van der Waals surface area contributed by atoms with Gasteiger partial charge >= 0.3 is 6.09 Å². The molecule has 1 aliphatic rings. The smallest absolute Gasteiger partial charge is 0.412 e. The Morgan fingerprint density at radius 3 is 2.41 bits per heavy atom. The maximum Gasteiger partial charge on any atom is 0.412 e. The third-order valence-electron chi connectivity index (χ3n) is 4.68. The number of likely N-dealkylation sites (N-methyl/N-ethyl adjacent to an activating group) is 1. The number of halogens is 1. The summed E-state index contributed by atoms with van der Waals surface area (Å²) in [5.41, 5.74) is 0.280. The third-order valence-corrected chi connectivity index (χ3v) is 6.26. The molecule has 1 aromatic rings. The second-order valence-electron chi connectivity index (χ2n) is 7.96. The molecule has 1 N–H and O–H groups in total. The molecule has 1 heterocycles. The first-order chi connectivity index (χ1) is 13.7. The van der Waals surface area contributed by atoms with E-state index in [-0.39, 0.29) is 11.3 Å². The molecule has 1 aliphatic heterocycles.